The van der Waals surface area contributed by atoms with Crippen LogP contribution in [0.5, 0.6) is 0 Å². The number of hydrogen-bond acceptors (Lipinski definition) is 2. The first-order chi connectivity index (χ1) is 9.58. The number of aromatic amines is 1. The van der Waals surface area contributed by atoms with E-state index in [9.17, 15) is 9.59 Å². The van der Waals surface area contributed by atoms with Crippen molar-refractivity contribution < 1.29 is 14.7 Å². The van der Waals surface area contributed by atoms with E-state index in [4.69, 9.17) is 5.11 Å². The van der Waals surface area contributed by atoms with Gasteiger partial charge in [-0.1, -0.05) is 12.1 Å². The Kier molecular flexibility index (Phi) is 4.40. The summed E-state index contributed by atoms with van der Waals surface area (Å²) in [5.41, 5.74) is 3.46. The van der Waals surface area contributed by atoms with E-state index < -0.39 is 5.97 Å². The Morgan fingerprint density at radius 3 is 2.85 bits per heavy atom. The number of carbonyl (C=O) groups is 2. The molecule has 1 aromatic carbocycles. The van der Waals surface area contributed by atoms with Crippen LogP contribution in [-0.4, -0.2) is 28.5 Å². The summed E-state index contributed by atoms with van der Waals surface area (Å²) in [4.78, 5) is 25.0. The summed E-state index contributed by atoms with van der Waals surface area (Å²) >= 11 is 0. The van der Waals surface area contributed by atoms with Crippen LogP contribution in [0.15, 0.2) is 24.4 Å². The maximum atomic E-state index is 11.4. The lowest BCUT2D eigenvalue weighted by atomic mass is 10.1. The number of aryl methyl sites for hydroxylation is 1. The van der Waals surface area contributed by atoms with Crippen molar-refractivity contribution >= 4 is 22.8 Å². The Hall–Kier alpha value is -2.30. The van der Waals surface area contributed by atoms with Crippen molar-refractivity contribution in [3.63, 3.8) is 0 Å². The van der Waals surface area contributed by atoms with E-state index in [1.165, 1.54) is 10.9 Å². The highest BCUT2D eigenvalue weighted by Crippen LogP contribution is 2.22. The molecule has 0 aliphatic carbocycles. The number of nitrogens with one attached hydrogen (secondary N) is 2. The molecule has 2 aromatic rings. The largest absolute Gasteiger partial charge is 0.481 e. The van der Waals surface area contributed by atoms with E-state index >= 15 is 0 Å². The molecule has 106 valence electrons. The van der Waals surface area contributed by atoms with Crippen molar-refractivity contribution in [1.29, 1.82) is 0 Å². The lowest BCUT2D eigenvalue weighted by Crippen LogP contribution is -2.25. The summed E-state index contributed by atoms with van der Waals surface area (Å²) < 4.78 is 0. The van der Waals surface area contributed by atoms with E-state index in [2.05, 4.69) is 23.3 Å². The molecule has 1 heterocycles. The normalized spacial score (nSPS) is 10.7. The minimum atomic E-state index is -0.951. The van der Waals surface area contributed by atoms with Crippen LogP contribution in [0.2, 0.25) is 0 Å². The van der Waals surface area contributed by atoms with Crippen molar-refractivity contribution in [2.75, 3.05) is 6.54 Å². The molecule has 2 rings (SSSR count). The van der Waals surface area contributed by atoms with E-state index in [1.807, 2.05) is 18.3 Å². The van der Waals surface area contributed by atoms with Crippen molar-refractivity contribution in [2.24, 2.45) is 0 Å². The summed E-state index contributed by atoms with van der Waals surface area (Å²) in [6.45, 7) is 2.57. The van der Waals surface area contributed by atoms with Gasteiger partial charge in [0.15, 0.2) is 0 Å². The number of amides is 1. The second-order valence-electron chi connectivity index (χ2n) is 4.81. The van der Waals surface area contributed by atoms with Gasteiger partial charge < -0.3 is 15.4 Å². The molecule has 0 saturated carbocycles. The van der Waals surface area contributed by atoms with Crippen LogP contribution in [0.1, 0.15) is 24.0 Å². The van der Waals surface area contributed by atoms with Crippen LogP contribution in [0.25, 0.3) is 10.9 Å². The van der Waals surface area contributed by atoms with Gasteiger partial charge in [0.05, 0.1) is 6.42 Å². The molecule has 1 aromatic heterocycles. The highest BCUT2D eigenvalue weighted by atomic mass is 16.4. The number of aromatic nitrogens is 1. The predicted octanol–water partition coefficient (Wildman–Crippen LogP) is 2.00. The average molecular weight is 274 g/mol. The molecule has 0 aliphatic rings. The van der Waals surface area contributed by atoms with E-state index in [0.717, 1.165) is 17.5 Å². The first-order valence-electron chi connectivity index (χ1n) is 6.62. The van der Waals surface area contributed by atoms with E-state index in [1.54, 1.807) is 0 Å². The molecular weight excluding hydrogens is 256 g/mol. The second kappa shape index (κ2) is 6.23. The summed E-state index contributed by atoms with van der Waals surface area (Å²) in [5, 5.41) is 12.4. The summed E-state index contributed by atoms with van der Waals surface area (Å²) in [7, 11) is 0. The second-order valence-corrected chi connectivity index (χ2v) is 4.81. The Morgan fingerprint density at radius 1 is 1.30 bits per heavy atom. The zero-order valence-corrected chi connectivity index (χ0v) is 11.4. The van der Waals surface area contributed by atoms with Crippen molar-refractivity contribution in [3.05, 3.63) is 35.5 Å². The summed E-state index contributed by atoms with van der Waals surface area (Å²) in [6, 6.07) is 6.09. The molecule has 0 fully saturated rings. The molecule has 0 bridgehead atoms. The fraction of sp³-hybridized carbons (Fsp3) is 0.333. The van der Waals surface area contributed by atoms with Gasteiger partial charge >= 0.3 is 5.97 Å². The number of hydrogen-bond donors (Lipinski definition) is 3. The van der Waals surface area contributed by atoms with Gasteiger partial charge in [0.25, 0.3) is 0 Å². The fourth-order valence-electron chi connectivity index (χ4n) is 2.29. The Labute approximate surface area is 117 Å². The number of carboxylic acids is 1. The van der Waals surface area contributed by atoms with Crippen LogP contribution in [0, 0.1) is 6.92 Å². The Morgan fingerprint density at radius 2 is 2.10 bits per heavy atom. The van der Waals surface area contributed by atoms with Gasteiger partial charge in [0.1, 0.15) is 0 Å². The SMILES string of the molecule is Cc1cccc2[nH]cc(CCNC(=O)CCC(=O)O)c12. The lowest BCUT2D eigenvalue weighted by Gasteiger charge is -2.05. The van der Waals surface area contributed by atoms with Gasteiger partial charge in [-0.2, -0.15) is 0 Å². The lowest BCUT2D eigenvalue weighted by molar-refractivity contribution is -0.138. The minimum Gasteiger partial charge on any atom is -0.481 e. The number of H-pyrrole nitrogens is 1. The molecule has 0 atom stereocenters. The summed E-state index contributed by atoms with van der Waals surface area (Å²) in [6.07, 6.45) is 2.59. The zero-order valence-electron chi connectivity index (χ0n) is 11.4. The number of rotatable bonds is 6. The van der Waals surface area contributed by atoms with Crippen molar-refractivity contribution in [2.45, 2.75) is 26.2 Å². The maximum absolute atomic E-state index is 11.4. The van der Waals surface area contributed by atoms with Gasteiger partial charge in [0.2, 0.25) is 5.91 Å². The zero-order chi connectivity index (χ0) is 14.5. The number of fused-ring (bicyclic) bond motifs is 1. The molecule has 1 amide bonds. The van der Waals surface area contributed by atoms with Crippen LogP contribution in [0.3, 0.4) is 0 Å². The molecular formula is C15H18N2O3. The van der Waals surface area contributed by atoms with Crippen molar-refractivity contribution in [1.82, 2.24) is 10.3 Å². The van der Waals surface area contributed by atoms with E-state index in [0.29, 0.717) is 6.54 Å². The van der Waals surface area contributed by atoms with Gasteiger partial charge in [-0.05, 0) is 30.5 Å². The molecule has 0 saturated heterocycles. The molecule has 0 aliphatic heterocycles. The molecule has 5 nitrogen and oxygen atoms in total. The van der Waals surface area contributed by atoms with Gasteiger partial charge in [0, 0.05) is 30.1 Å². The predicted molar refractivity (Wildman–Crippen MR) is 76.6 cm³/mol. The minimum absolute atomic E-state index is 0.0300. The highest BCUT2D eigenvalue weighted by molar-refractivity contribution is 5.86. The third-order valence-corrected chi connectivity index (χ3v) is 3.28. The first-order valence-corrected chi connectivity index (χ1v) is 6.62. The third-order valence-electron chi connectivity index (χ3n) is 3.28. The third kappa shape index (κ3) is 3.38. The molecule has 0 spiro atoms. The van der Waals surface area contributed by atoms with Crippen molar-refractivity contribution in [3.8, 4) is 0 Å². The van der Waals surface area contributed by atoms with E-state index in [-0.39, 0.29) is 18.7 Å². The number of carboxylic acid groups (broad SMARTS) is 1. The summed E-state index contributed by atoms with van der Waals surface area (Å²) in [5.74, 6) is -1.17. The topological polar surface area (TPSA) is 82.2 Å². The Balaban J connectivity index is 1.90. The van der Waals surface area contributed by atoms with Crippen LogP contribution in [-0.2, 0) is 16.0 Å². The molecule has 0 radical (unpaired) electrons. The molecule has 5 heteroatoms. The number of benzene rings is 1. The monoisotopic (exact) mass is 274 g/mol. The van der Waals surface area contributed by atoms with Gasteiger partial charge in [-0.15, -0.1) is 0 Å². The standard InChI is InChI=1S/C15H18N2O3/c1-10-3-2-4-12-15(10)11(9-17-12)7-8-16-13(18)5-6-14(19)20/h2-4,9,17H,5-8H2,1H3,(H,16,18)(H,19,20). The van der Waals surface area contributed by atoms with Crippen LogP contribution >= 0.6 is 0 Å². The van der Waals surface area contributed by atoms with Gasteiger partial charge in [-0.3, -0.25) is 9.59 Å². The van der Waals surface area contributed by atoms with Crippen LogP contribution < -0.4 is 5.32 Å². The fourth-order valence-corrected chi connectivity index (χ4v) is 2.29. The first kappa shape index (κ1) is 14.1. The highest BCUT2D eigenvalue weighted by Gasteiger charge is 2.08. The van der Waals surface area contributed by atoms with Gasteiger partial charge in [-0.25, -0.2) is 0 Å². The molecule has 0 unspecified atom stereocenters. The number of carbonyl (C=O) groups excluding carboxylic acids is 1. The quantitative estimate of drug-likeness (QED) is 0.753. The Bertz CT molecular complexity index is 631. The maximum Gasteiger partial charge on any atom is 0.303 e. The molecule has 20 heavy (non-hydrogen) atoms. The molecule has 3 N–H and O–H groups in total. The average Bonchev–Trinajstić information content (AvgIpc) is 2.81. The number of aliphatic carboxylic acids is 1. The smallest absolute Gasteiger partial charge is 0.303 e. The van der Waals surface area contributed by atoms with Crippen LogP contribution in [0.4, 0.5) is 0 Å².